The second-order valence-corrected chi connectivity index (χ2v) is 9.22. The number of aromatic nitrogens is 2. The van der Waals surface area contributed by atoms with Gasteiger partial charge in [0.1, 0.15) is 0 Å². The molecular weight excluding hydrogens is 442 g/mol. The summed E-state index contributed by atoms with van der Waals surface area (Å²) in [6.07, 6.45) is 3.46. The lowest BCUT2D eigenvalue weighted by molar-refractivity contribution is -0.115. The molecule has 1 heterocycles. The van der Waals surface area contributed by atoms with Gasteiger partial charge in [0.2, 0.25) is 15.9 Å². The quantitative estimate of drug-likeness (QED) is 0.559. The highest BCUT2D eigenvalue weighted by Crippen LogP contribution is 2.22. The van der Waals surface area contributed by atoms with Crippen LogP contribution in [0.2, 0.25) is 5.02 Å². The molecule has 2 aromatic carbocycles. The van der Waals surface area contributed by atoms with Crippen LogP contribution in [0.25, 0.3) is 5.69 Å². The molecule has 0 spiro atoms. The maximum atomic E-state index is 12.5. The summed E-state index contributed by atoms with van der Waals surface area (Å²) in [5, 5.41) is 9.31. The molecule has 0 bridgehead atoms. The van der Waals surface area contributed by atoms with Crippen molar-refractivity contribution >= 4 is 39.1 Å². The van der Waals surface area contributed by atoms with E-state index in [-0.39, 0.29) is 22.0 Å². The Labute approximate surface area is 184 Å². The number of hydrogen-bond donors (Lipinski definition) is 2. The Morgan fingerprint density at radius 2 is 1.84 bits per heavy atom. The first-order valence-electron chi connectivity index (χ1n) is 9.08. The van der Waals surface area contributed by atoms with Gasteiger partial charge in [-0.3, -0.25) is 9.59 Å². The van der Waals surface area contributed by atoms with Gasteiger partial charge in [0.25, 0.3) is 5.91 Å². The zero-order valence-electron chi connectivity index (χ0n) is 16.7. The van der Waals surface area contributed by atoms with Crippen LogP contribution in [-0.2, 0) is 14.8 Å². The summed E-state index contributed by atoms with van der Waals surface area (Å²) in [6, 6.07) is 12.6. The first kappa shape index (κ1) is 22.5. The largest absolute Gasteiger partial charge is 0.343 e. The fourth-order valence-electron chi connectivity index (χ4n) is 2.63. The Bertz CT molecular complexity index is 1190. The molecule has 3 aromatic rings. The number of rotatable bonds is 7. The molecule has 0 atom stereocenters. The molecule has 0 aliphatic heterocycles. The highest BCUT2D eigenvalue weighted by molar-refractivity contribution is 7.89. The van der Waals surface area contributed by atoms with Gasteiger partial charge in [0.15, 0.2) is 0 Å². The van der Waals surface area contributed by atoms with E-state index in [0.29, 0.717) is 5.69 Å². The number of nitrogens with one attached hydrogen (secondary N) is 2. The van der Waals surface area contributed by atoms with Crippen LogP contribution in [0.1, 0.15) is 10.4 Å². The highest BCUT2D eigenvalue weighted by atomic mass is 35.5. The van der Waals surface area contributed by atoms with Crippen molar-refractivity contribution in [3.63, 3.8) is 0 Å². The molecule has 0 aliphatic carbocycles. The van der Waals surface area contributed by atoms with Crippen LogP contribution >= 0.6 is 11.6 Å². The van der Waals surface area contributed by atoms with Crippen LogP contribution < -0.4 is 10.6 Å². The van der Waals surface area contributed by atoms with Crippen LogP contribution in [0.3, 0.4) is 0 Å². The number of halogens is 1. The molecule has 0 saturated carbocycles. The van der Waals surface area contributed by atoms with Crippen molar-refractivity contribution in [2.24, 2.45) is 0 Å². The van der Waals surface area contributed by atoms with Crippen molar-refractivity contribution in [3.8, 4) is 5.69 Å². The molecule has 1 aromatic heterocycles. The number of hydrogen-bond acceptors (Lipinski definition) is 5. The predicted molar refractivity (Wildman–Crippen MR) is 117 cm³/mol. The van der Waals surface area contributed by atoms with Gasteiger partial charge in [-0.25, -0.2) is 17.4 Å². The van der Waals surface area contributed by atoms with E-state index in [1.807, 2.05) is 0 Å². The third-order valence-corrected chi connectivity index (χ3v) is 6.43. The molecular formula is C20H20ClN5O4S. The van der Waals surface area contributed by atoms with Crippen molar-refractivity contribution in [3.05, 3.63) is 71.5 Å². The minimum absolute atomic E-state index is 0.0408. The standard InChI is InChI=1S/C20H20ClN5O4S/c1-25(2)31(29,30)16-8-9-18(21)17(12-16)20(28)22-13-19(27)24-14-4-6-15(7-5-14)26-11-3-10-23-26/h3-12H,13H2,1-2H3,(H,22,28)(H,24,27). The Balaban J connectivity index is 1.62. The van der Waals surface area contributed by atoms with E-state index < -0.39 is 21.8 Å². The van der Waals surface area contributed by atoms with Gasteiger partial charge in [0.05, 0.1) is 27.7 Å². The molecule has 0 fully saturated rings. The molecule has 162 valence electrons. The smallest absolute Gasteiger partial charge is 0.253 e. The van der Waals surface area contributed by atoms with Crippen LogP contribution in [0, 0.1) is 0 Å². The minimum Gasteiger partial charge on any atom is -0.343 e. The van der Waals surface area contributed by atoms with Crippen LogP contribution in [-0.4, -0.2) is 55.0 Å². The molecule has 0 radical (unpaired) electrons. The molecule has 2 N–H and O–H groups in total. The molecule has 2 amide bonds. The fourth-order valence-corrected chi connectivity index (χ4v) is 3.76. The summed E-state index contributed by atoms with van der Waals surface area (Å²) in [4.78, 5) is 24.6. The summed E-state index contributed by atoms with van der Waals surface area (Å²) in [5.41, 5.74) is 1.34. The Morgan fingerprint density at radius 3 is 2.45 bits per heavy atom. The van der Waals surface area contributed by atoms with Gasteiger partial charge in [-0.05, 0) is 48.5 Å². The van der Waals surface area contributed by atoms with Crippen LogP contribution in [0.15, 0.2) is 65.8 Å². The number of nitrogens with zero attached hydrogens (tertiary/aromatic N) is 3. The van der Waals surface area contributed by atoms with Gasteiger partial charge < -0.3 is 10.6 Å². The maximum Gasteiger partial charge on any atom is 0.253 e. The van der Waals surface area contributed by atoms with E-state index in [9.17, 15) is 18.0 Å². The third kappa shape index (κ3) is 5.29. The monoisotopic (exact) mass is 461 g/mol. The third-order valence-electron chi connectivity index (χ3n) is 4.29. The number of benzene rings is 2. The summed E-state index contributed by atoms with van der Waals surface area (Å²) in [6.45, 7) is -0.319. The number of carbonyl (C=O) groups excluding carboxylic acids is 2. The van der Waals surface area contributed by atoms with E-state index in [4.69, 9.17) is 11.6 Å². The van der Waals surface area contributed by atoms with Crippen LogP contribution in [0.4, 0.5) is 5.69 Å². The van der Waals surface area contributed by atoms with Crippen molar-refractivity contribution in [2.75, 3.05) is 26.0 Å². The molecule has 11 heteroatoms. The first-order valence-corrected chi connectivity index (χ1v) is 10.9. The molecule has 0 saturated heterocycles. The first-order chi connectivity index (χ1) is 14.7. The second-order valence-electron chi connectivity index (χ2n) is 6.66. The minimum atomic E-state index is -3.73. The number of carbonyl (C=O) groups is 2. The van der Waals surface area contributed by atoms with Crippen molar-refractivity contribution in [2.45, 2.75) is 4.90 Å². The molecule has 0 aliphatic rings. The number of amides is 2. The zero-order valence-corrected chi connectivity index (χ0v) is 18.3. The summed E-state index contributed by atoms with van der Waals surface area (Å²) < 4.78 is 27.2. The zero-order chi connectivity index (χ0) is 22.6. The van der Waals surface area contributed by atoms with E-state index in [2.05, 4.69) is 15.7 Å². The van der Waals surface area contributed by atoms with Gasteiger partial charge in [-0.2, -0.15) is 5.10 Å². The van der Waals surface area contributed by atoms with Crippen molar-refractivity contribution in [1.82, 2.24) is 19.4 Å². The summed E-state index contributed by atoms with van der Waals surface area (Å²) >= 11 is 6.05. The molecule has 9 nitrogen and oxygen atoms in total. The average molecular weight is 462 g/mol. The van der Waals surface area contributed by atoms with Crippen LogP contribution in [0.5, 0.6) is 0 Å². The molecule has 3 rings (SSSR count). The summed E-state index contributed by atoms with van der Waals surface area (Å²) in [7, 11) is -0.963. The van der Waals surface area contributed by atoms with E-state index >= 15 is 0 Å². The lowest BCUT2D eigenvalue weighted by Gasteiger charge is -2.13. The molecule has 31 heavy (non-hydrogen) atoms. The second kappa shape index (κ2) is 9.29. The topological polar surface area (TPSA) is 113 Å². The predicted octanol–water partition coefficient (Wildman–Crippen LogP) is 2.14. The average Bonchev–Trinajstić information content (AvgIpc) is 3.27. The van der Waals surface area contributed by atoms with E-state index in [1.54, 1.807) is 47.4 Å². The molecule has 0 unspecified atom stereocenters. The Hall–Kier alpha value is -3.21. The number of anilines is 1. The van der Waals surface area contributed by atoms with Crippen molar-refractivity contribution < 1.29 is 18.0 Å². The van der Waals surface area contributed by atoms with E-state index in [0.717, 1.165) is 9.99 Å². The Kier molecular flexibility index (Phi) is 6.74. The van der Waals surface area contributed by atoms with Gasteiger partial charge in [-0.1, -0.05) is 11.6 Å². The van der Waals surface area contributed by atoms with E-state index in [1.165, 1.54) is 32.3 Å². The lowest BCUT2D eigenvalue weighted by atomic mass is 10.2. The maximum absolute atomic E-state index is 12.5. The highest BCUT2D eigenvalue weighted by Gasteiger charge is 2.21. The van der Waals surface area contributed by atoms with Gasteiger partial charge >= 0.3 is 0 Å². The SMILES string of the molecule is CN(C)S(=O)(=O)c1ccc(Cl)c(C(=O)NCC(=O)Nc2ccc(-n3cccn3)cc2)c1. The summed E-state index contributed by atoms with van der Waals surface area (Å²) in [5.74, 6) is -1.11. The Morgan fingerprint density at radius 1 is 1.13 bits per heavy atom. The van der Waals surface area contributed by atoms with Gasteiger partial charge in [-0.15, -0.1) is 0 Å². The fraction of sp³-hybridized carbons (Fsp3) is 0.150. The lowest BCUT2D eigenvalue weighted by Crippen LogP contribution is -2.33. The van der Waals surface area contributed by atoms with Gasteiger partial charge in [0, 0.05) is 32.2 Å². The number of sulfonamides is 1. The van der Waals surface area contributed by atoms with Crippen molar-refractivity contribution in [1.29, 1.82) is 0 Å². The normalized spacial score (nSPS) is 11.4.